The zero-order valence-corrected chi connectivity index (χ0v) is 42.0. The molecular formula is C50H58F6N6O4Pt. The molecule has 0 atom stereocenters. The van der Waals surface area contributed by atoms with E-state index in [4.69, 9.17) is 0 Å². The summed E-state index contributed by atoms with van der Waals surface area (Å²) in [5.41, 5.74) is 7.85. The van der Waals surface area contributed by atoms with Gasteiger partial charge in [-0.3, -0.25) is 19.6 Å². The molecule has 6 aromatic rings. The third-order valence-corrected chi connectivity index (χ3v) is 9.72. The number of halogens is 6. The van der Waals surface area contributed by atoms with Crippen molar-refractivity contribution in [2.75, 3.05) is 13.2 Å². The van der Waals surface area contributed by atoms with Gasteiger partial charge < -0.3 is 29.9 Å². The smallest absolute Gasteiger partial charge is 0.571 e. The topological polar surface area (TPSA) is 132 Å². The minimum Gasteiger partial charge on any atom is -0.571 e. The predicted molar refractivity (Wildman–Crippen MR) is 243 cm³/mol. The van der Waals surface area contributed by atoms with E-state index in [-0.39, 0.29) is 44.4 Å². The number of carbonyl (C=O) groups is 2. The predicted octanol–water partition coefficient (Wildman–Crippen LogP) is 13.2. The van der Waals surface area contributed by atoms with E-state index in [1.165, 1.54) is 36.1 Å². The van der Waals surface area contributed by atoms with Crippen LogP contribution in [-0.2, 0) is 52.5 Å². The largest absolute Gasteiger partial charge is 2.00 e. The minimum absolute atomic E-state index is 0. The standard InChI is InChI=1S/2C21H21F3N3.2C4H8O2.Pt/c2*1-12(2)15-6-5-7-16(13(3)4)20(15)14-8-9-25-17(10-14)18-11-19(27-26-18)21(22,23)24;2*1-3-6-4(2)5;/h2*5-13H,1-4H3;2*3H2,1-2H3;/q2*-1;;;+2. The van der Waals surface area contributed by atoms with Gasteiger partial charge in [-0.15, -0.1) is 0 Å². The first-order chi connectivity index (χ1) is 30.9. The van der Waals surface area contributed by atoms with Crippen molar-refractivity contribution in [3.05, 3.63) is 119 Å². The molecule has 4 aromatic heterocycles. The molecule has 0 radical (unpaired) electrons. The van der Waals surface area contributed by atoms with Crippen LogP contribution >= 0.6 is 0 Å². The number of esters is 2. The quantitative estimate of drug-likeness (QED) is 0.0964. The van der Waals surface area contributed by atoms with E-state index < -0.39 is 23.7 Å². The zero-order chi connectivity index (χ0) is 49.5. The number of alkyl halides is 6. The molecule has 0 saturated carbocycles. The molecule has 0 amide bonds. The molecule has 0 N–H and O–H groups in total. The van der Waals surface area contributed by atoms with Crippen LogP contribution in [0.25, 0.3) is 45.0 Å². The monoisotopic (exact) mass is 1120 g/mol. The second-order valence-corrected chi connectivity index (χ2v) is 16.2. The van der Waals surface area contributed by atoms with Gasteiger partial charge in [-0.1, -0.05) is 91.8 Å². The Balaban J connectivity index is 0.000000366. The molecule has 0 aliphatic rings. The van der Waals surface area contributed by atoms with Crippen LogP contribution in [0.15, 0.2) is 85.2 Å². The first-order valence-electron chi connectivity index (χ1n) is 21.5. The normalized spacial score (nSPS) is 11.2. The third kappa shape index (κ3) is 16.9. The first-order valence-corrected chi connectivity index (χ1v) is 21.5. The Morgan fingerprint density at radius 3 is 1.03 bits per heavy atom. The molecule has 4 heterocycles. The third-order valence-electron chi connectivity index (χ3n) is 9.72. The fourth-order valence-corrected chi connectivity index (χ4v) is 6.74. The fraction of sp³-hybridized carbons (Fsp3) is 0.400. The maximum Gasteiger partial charge on any atom is 2.00 e. The Bertz CT molecular complexity index is 2270. The number of benzene rings is 2. The molecule has 0 unspecified atom stereocenters. The van der Waals surface area contributed by atoms with Gasteiger partial charge in [0.15, 0.2) is 0 Å². The van der Waals surface area contributed by atoms with Crippen LogP contribution in [0, 0.1) is 0 Å². The number of aromatic nitrogens is 6. The second kappa shape index (κ2) is 26.1. The van der Waals surface area contributed by atoms with E-state index >= 15 is 0 Å². The average Bonchev–Trinajstić information content (AvgIpc) is 3.96. The van der Waals surface area contributed by atoms with Gasteiger partial charge in [0.2, 0.25) is 0 Å². The van der Waals surface area contributed by atoms with Crippen molar-refractivity contribution >= 4 is 11.9 Å². The van der Waals surface area contributed by atoms with Crippen LogP contribution in [0.1, 0.15) is 140 Å². The summed E-state index contributed by atoms with van der Waals surface area (Å²) >= 11 is 0. The molecule has 0 bridgehead atoms. The Morgan fingerprint density at radius 1 is 0.522 bits per heavy atom. The van der Waals surface area contributed by atoms with Gasteiger partial charge in [-0.2, -0.15) is 26.3 Å². The van der Waals surface area contributed by atoms with E-state index in [9.17, 15) is 35.9 Å². The number of hydrogen-bond acceptors (Lipinski definition) is 8. The number of hydrogen-bond donors (Lipinski definition) is 0. The van der Waals surface area contributed by atoms with Gasteiger partial charge in [-0.25, -0.2) is 0 Å². The van der Waals surface area contributed by atoms with Crippen LogP contribution in [0.2, 0.25) is 0 Å². The van der Waals surface area contributed by atoms with Crippen molar-refractivity contribution < 1.29 is 66.5 Å². The summed E-state index contributed by atoms with van der Waals surface area (Å²) in [7, 11) is 0. The van der Waals surface area contributed by atoms with Crippen molar-refractivity contribution in [1.82, 2.24) is 30.4 Å². The fourth-order valence-electron chi connectivity index (χ4n) is 6.74. The van der Waals surface area contributed by atoms with Crippen LogP contribution in [0.4, 0.5) is 26.3 Å². The van der Waals surface area contributed by atoms with Gasteiger partial charge in [0.05, 0.1) is 36.0 Å². The molecule has 6 rings (SSSR count). The Labute approximate surface area is 403 Å². The molecule has 17 heteroatoms. The molecule has 67 heavy (non-hydrogen) atoms. The molecule has 0 fully saturated rings. The molecule has 0 spiro atoms. The Kier molecular flexibility index (Phi) is 22.4. The van der Waals surface area contributed by atoms with E-state index in [2.05, 4.69) is 132 Å². The summed E-state index contributed by atoms with van der Waals surface area (Å²) in [5, 5.41) is 13.8. The summed E-state index contributed by atoms with van der Waals surface area (Å²) in [6, 6.07) is 21.7. The van der Waals surface area contributed by atoms with Crippen molar-refractivity contribution in [3.8, 4) is 45.0 Å². The van der Waals surface area contributed by atoms with Crippen molar-refractivity contribution in [2.24, 2.45) is 0 Å². The first kappa shape index (κ1) is 57.5. The van der Waals surface area contributed by atoms with Crippen LogP contribution in [0.3, 0.4) is 0 Å². The van der Waals surface area contributed by atoms with Crippen LogP contribution in [0.5, 0.6) is 0 Å². The van der Waals surface area contributed by atoms with Crippen molar-refractivity contribution in [3.63, 3.8) is 0 Å². The maximum atomic E-state index is 12.8. The SMILES string of the molecule is CC(C)c1cccc(C(C)C)c1-c1ccnc(-c2cc(C(F)(F)F)[n-]n2)c1.CC(C)c1cccc(C(C)C)c1-c1ccnc(-c2cc(C(F)(F)F)[n-]n2)c1.CCOC(C)=O.CCOC(C)=O.[Pt+2]. The van der Waals surface area contributed by atoms with Gasteiger partial charge >= 0.3 is 45.4 Å². The Hall–Kier alpha value is -5.63. The second-order valence-electron chi connectivity index (χ2n) is 16.2. The molecule has 2 aromatic carbocycles. The van der Waals surface area contributed by atoms with Crippen molar-refractivity contribution in [2.45, 2.75) is 119 Å². The summed E-state index contributed by atoms with van der Waals surface area (Å²) < 4.78 is 85.7. The van der Waals surface area contributed by atoms with Gasteiger partial charge in [0, 0.05) is 26.2 Å². The van der Waals surface area contributed by atoms with E-state index in [0.29, 0.717) is 48.3 Å². The molecule has 364 valence electrons. The van der Waals surface area contributed by atoms with Crippen LogP contribution in [-0.4, -0.2) is 45.3 Å². The summed E-state index contributed by atoms with van der Waals surface area (Å²) in [6.45, 7) is 24.3. The minimum atomic E-state index is -4.52. The van der Waals surface area contributed by atoms with E-state index in [1.54, 1.807) is 38.4 Å². The summed E-state index contributed by atoms with van der Waals surface area (Å²) in [5.74, 6) is 0.823. The average molecular weight is 1120 g/mol. The van der Waals surface area contributed by atoms with Gasteiger partial charge in [-0.05, 0) is 130 Å². The number of pyridine rings is 2. The molecule has 0 aliphatic heterocycles. The number of rotatable bonds is 10. The number of carbonyl (C=O) groups excluding carboxylic acids is 2. The molecule has 10 nitrogen and oxygen atoms in total. The summed E-state index contributed by atoms with van der Waals surface area (Å²) in [4.78, 5) is 28.1. The van der Waals surface area contributed by atoms with E-state index in [0.717, 1.165) is 34.4 Å². The maximum absolute atomic E-state index is 12.8. The zero-order valence-electron chi connectivity index (χ0n) is 39.7. The number of ether oxygens (including phenoxy) is 2. The molecular weight excluding hydrogens is 1060 g/mol. The Morgan fingerprint density at radius 2 is 0.821 bits per heavy atom. The molecule has 0 aliphatic carbocycles. The van der Waals surface area contributed by atoms with Gasteiger partial charge in [0.25, 0.3) is 0 Å². The van der Waals surface area contributed by atoms with Crippen molar-refractivity contribution in [1.29, 1.82) is 0 Å². The van der Waals surface area contributed by atoms with Crippen LogP contribution < -0.4 is 10.2 Å². The van der Waals surface area contributed by atoms with E-state index in [1.807, 2.05) is 12.1 Å². The van der Waals surface area contributed by atoms with Gasteiger partial charge in [0.1, 0.15) is 0 Å². The summed E-state index contributed by atoms with van der Waals surface area (Å²) in [6.07, 6.45) is -5.82. The number of nitrogens with zero attached hydrogens (tertiary/aromatic N) is 6. The molecule has 0 saturated heterocycles.